The average Bonchev–Trinajstić information content (AvgIpc) is 2.71. The van der Waals surface area contributed by atoms with Crippen molar-refractivity contribution in [2.45, 2.75) is 13.3 Å². The number of benzene rings is 2. The summed E-state index contributed by atoms with van der Waals surface area (Å²) in [6.45, 7) is 2.31. The Morgan fingerprint density at radius 3 is 2.32 bits per heavy atom. The lowest BCUT2D eigenvalue weighted by Crippen LogP contribution is -2.26. The minimum Gasteiger partial charge on any atom is -0.496 e. The smallest absolute Gasteiger partial charge is 0.261 e. The molecule has 0 saturated heterocycles. The first-order valence-electron chi connectivity index (χ1n) is 8.78. The highest BCUT2D eigenvalue weighted by Crippen LogP contribution is 2.27. The molecule has 0 aliphatic heterocycles. The molecule has 28 heavy (non-hydrogen) atoms. The molecule has 0 aliphatic carbocycles. The zero-order chi connectivity index (χ0) is 20.5. The van der Waals surface area contributed by atoms with E-state index in [0.717, 1.165) is 22.4 Å². The number of nitrogens with zero attached hydrogens (tertiary/aromatic N) is 1. The number of hydrogen-bond donors (Lipinski definition) is 1. The quantitative estimate of drug-likeness (QED) is 0.561. The third kappa shape index (κ3) is 5.27. The van der Waals surface area contributed by atoms with Crippen LogP contribution in [0.5, 0.6) is 17.2 Å². The van der Waals surface area contributed by atoms with Crippen LogP contribution < -0.4 is 19.5 Å². The van der Waals surface area contributed by atoms with Crippen LogP contribution in [0.2, 0.25) is 0 Å². The molecular formula is C22H24N2O4. The van der Waals surface area contributed by atoms with Gasteiger partial charge in [0, 0.05) is 6.54 Å². The second-order valence-electron chi connectivity index (χ2n) is 6.09. The van der Waals surface area contributed by atoms with Gasteiger partial charge >= 0.3 is 0 Å². The van der Waals surface area contributed by atoms with Crippen molar-refractivity contribution in [3.05, 3.63) is 58.7 Å². The normalized spacial score (nSPS) is 10.8. The maximum absolute atomic E-state index is 12.3. The van der Waals surface area contributed by atoms with Crippen molar-refractivity contribution in [2.75, 3.05) is 27.9 Å². The minimum atomic E-state index is -0.406. The van der Waals surface area contributed by atoms with E-state index in [1.807, 2.05) is 43.3 Å². The van der Waals surface area contributed by atoms with Crippen LogP contribution in [0.3, 0.4) is 0 Å². The van der Waals surface area contributed by atoms with Crippen LogP contribution in [0, 0.1) is 18.3 Å². The second-order valence-corrected chi connectivity index (χ2v) is 6.09. The molecule has 2 aromatic carbocycles. The molecule has 0 aromatic heterocycles. The van der Waals surface area contributed by atoms with E-state index in [-0.39, 0.29) is 5.57 Å². The molecule has 6 nitrogen and oxygen atoms in total. The van der Waals surface area contributed by atoms with Crippen molar-refractivity contribution in [1.29, 1.82) is 5.26 Å². The Morgan fingerprint density at radius 1 is 1.04 bits per heavy atom. The molecule has 0 bridgehead atoms. The number of nitriles is 1. The molecule has 6 heteroatoms. The lowest BCUT2D eigenvalue weighted by molar-refractivity contribution is -0.117. The second kappa shape index (κ2) is 10.0. The van der Waals surface area contributed by atoms with Crippen LogP contribution in [0.15, 0.2) is 42.0 Å². The third-order valence-corrected chi connectivity index (χ3v) is 4.24. The number of ether oxygens (including phenoxy) is 3. The molecule has 0 spiro atoms. The average molecular weight is 380 g/mol. The van der Waals surface area contributed by atoms with Crippen LogP contribution in [-0.2, 0) is 11.2 Å². The molecule has 1 N–H and O–H groups in total. The lowest BCUT2D eigenvalue weighted by atomic mass is 10.1. The zero-order valence-electron chi connectivity index (χ0n) is 16.5. The molecule has 0 heterocycles. The molecular weight excluding hydrogens is 356 g/mol. The topological polar surface area (TPSA) is 80.6 Å². The number of aryl methyl sites for hydroxylation is 1. The number of hydrogen-bond acceptors (Lipinski definition) is 5. The van der Waals surface area contributed by atoms with Crippen molar-refractivity contribution in [2.24, 2.45) is 0 Å². The first kappa shape index (κ1) is 20.8. The minimum absolute atomic E-state index is 0.0527. The van der Waals surface area contributed by atoms with Gasteiger partial charge in [0.1, 0.15) is 17.4 Å². The van der Waals surface area contributed by atoms with Crippen molar-refractivity contribution in [3.8, 4) is 23.3 Å². The third-order valence-electron chi connectivity index (χ3n) is 4.24. The predicted molar refractivity (Wildman–Crippen MR) is 108 cm³/mol. The summed E-state index contributed by atoms with van der Waals surface area (Å²) in [5.74, 6) is 1.64. The molecule has 0 atom stereocenters. The zero-order valence-corrected chi connectivity index (χ0v) is 16.5. The molecule has 0 unspecified atom stereocenters. The van der Waals surface area contributed by atoms with Crippen LogP contribution >= 0.6 is 0 Å². The highest BCUT2D eigenvalue weighted by atomic mass is 16.5. The Balaban J connectivity index is 2.01. The Kier molecular flexibility index (Phi) is 7.46. The summed E-state index contributed by atoms with van der Waals surface area (Å²) in [7, 11) is 4.76. The maximum atomic E-state index is 12.3. The van der Waals surface area contributed by atoms with E-state index in [4.69, 9.17) is 14.2 Å². The summed E-state index contributed by atoms with van der Waals surface area (Å²) in [5.41, 5.74) is 2.75. The highest BCUT2D eigenvalue weighted by Gasteiger charge is 2.10. The largest absolute Gasteiger partial charge is 0.496 e. The highest BCUT2D eigenvalue weighted by molar-refractivity contribution is 6.01. The standard InChI is InChI=1S/C22H24N2O4/c1-15-11-17(6-7-19(15)26-2)12-18(14-23)22(25)24-10-9-16-5-8-20(27-3)21(13-16)28-4/h5-8,11-13H,9-10H2,1-4H3,(H,24,25)/b18-12+. The number of nitrogens with one attached hydrogen (secondary N) is 1. The van der Waals surface area contributed by atoms with Crippen molar-refractivity contribution >= 4 is 12.0 Å². The Morgan fingerprint density at radius 2 is 1.71 bits per heavy atom. The van der Waals surface area contributed by atoms with Gasteiger partial charge in [-0.2, -0.15) is 5.26 Å². The van der Waals surface area contributed by atoms with E-state index in [1.165, 1.54) is 0 Å². The van der Waals surface area contributed by atoms with Gasteiger partial charge in [0.25, 0.3) is 5.91 Å². The van der Waals surface area contributed by atoms with E-state index in [1.54, 1.807) is 33.5 Å². The van der Waals surface area contributed by atoms with Crippen LogP contribution in [0.25, 0.3) is 6.08 Å². The number of amides is 1. The van der Waals surface area contributed by atoms with Crippen molar-refractivity contribution in [3.63, 3.8) is 0 Å². The summed E-state index contributed by atoms with van der Waals surface area (Å²) < 4.78 is 15.7. The molecule has 0 saturated carbocycles. The van der Waals surface area contributed by atoms with E-state index < -0.39 is 5.91 Å². The molecule has 0 aliphatic rings. The van der Waals surface area contributed by atoms with Gasteiger partial charge in [-0.1, -0.05) is 12.1 Å². The molecule has 2 rings (SSSR count). The van der Waals surface area contributed by atoms with Gasteiger partial charge in [-0.15, -0.1) is 0 Å². The van der Waals surface area contributed by atoms with Crippen molar-refractivity contribution in [1.82, 2.24) is 5.32 Å². The first-order valence-corrected chi connectivity index (χ1v) is 8.78. The summed E-state index contributed by atoms with van der Waals surface area (Å²) >= 11 is 0. The van der Waals surface area contributed by atoms with Crippen LogP contribution in [0.1, 0.15) is 16.7 Å². The van der Waals surface area contributed by atoms with Crippen molar-refractivity contribution < 1.29 is 19.0 Å². The fourth-order valence-electron chi connectivity index (χ4n) is 2.76. The summed E-state index contributed by atoms with van der Waals surface area (Å²) in [6.07, 6.45) is 2.17. The Bertz CT molecular complexity index is 913. The maximum Gasteiger partial charge on any atom is 0.261 e. The SMILES string of the molecule is COc1ccc(/C=C(\C#N)C(=O)NCCc2ccc(OC)c(OC)c2)cc1C. The Hall–Kier alpha value is -3.46. The van der Waals surface area contributed by atoms with Gasteiger partial charge < -0.3 is 19.5 Å². The van der Waals surface area contributed by atoms with E-state index in [0.29, 0.717) is 24.5 Å². The van der Waals surface area contributed by atoms with E-state index in [2.05, 4.69) is 5.32 Å². The van der Waals surface area contributed by atoms with Gasteiger partial charge in [0.05, 0.1) is 21.3 Å². The monoisotopic (exact) mass is 380 g/mol. The summed E-state index contributed by atoms with van der Waals surface area (Å²) in [4.78, 5) is 12.3. The van der Waals surface area contributed by atoms with E-state index >= 15 is 0 Å². The van der Waals surface area contributed by atoms with Gasteiger partial charge in [-0.05, 0) is 60.4 Å². The Labute approximate surface area is 165 Å². The number of carbonyl (C=O) groups excluding carboxylic acids is 1. The van der Waals surface area contributed by atoms with Gasteiger partial charge in [-0.25, -0.2) is 0 Å². The number of rotatable bonds is 8. The fourth-order valence-corrected chi connectivity index (χ4v) is 2.76. The van der Waals surface area contributed by atoms with Gasteiger partial charge in [-0.3, -0.25) is 4.79 Å². The first-order chi connectivity index (χ1) is 13.5. The van der Waals surface area contributed by atoms with Gasteiger partial charge in [0.15, 0.2) is 11.5 Å². The molecule has 1 amide bonds. The van der Waals surface area contributed by atoms with Gasteiger partial charge in [0.2, 0.25) is 0 Å². The molecule has 0 fully saturated rings. The van der Waals surface area contributed by atoms with Crippen LogP contribution in [-0.4, -0.2) is 33.8 Å². The molecule has 2 aromatic rings. The number of carbonyl (C=O) groups is 1. The van der Waals surface area contributed by atoms with E-state index in [9.17, 15) is 10.1 Å². The number of methoxy groups -OCH3 is 3. The molecule has 146 valence electrons. The van der Waals surface area contributed by atoms with Crippen LogP contribution in [0.4, 0.5) is 0 Å². The summed E-state index contributed by atoms with van der Waals surface area (Å²) in [6, 6.07) is 13.0. The summed E-state index contributed by atoms with van der Waals surface area (Å²) in [5, 5.41) is 12.1. The molecule has 0 radical (unpaired) electrons. The predicted octanol–water partition coefficient (Wildman–Crippen LogP) is 3.29. The fraction of sp³-hybridized carbons (Fsp3) is 0.273. The lowest BCUT2D eigenvalue weighted by Gasteiger charge is -2.10.